The Morgan fingerprint density at radius 3 is 2.67 bits per heavy atom. The normalized spacial score (nSPS) is 22.5. The van der Waals surface area contributed by atoms with Gasteiger partial charge in [-0.1, -0.05) is 0 Å². The highest BCUT2D eigenvalue weighted by atomic mass is 32.1. The molecule has 0 bridgehead atoms. The number of hydrogen-bond acceptors (Lipinski definition) is 5. The highest BCUT2D eigenvalue weighted by Crippen LogP contribution is 2.40. The average Bonchev–Trinajstić information content (AvgIpc) is 3.16. The predicted molar refractivity (Wildman–Crippen MR) is 111 cm³/mol. The molecular weight excluding hydrogens is 358 g/mol. The number of carbonyl (C=O) groups excluding carboxylic acids is 1. The Morgan fingerprint density at radius 2 is 1.93 bits per heavy atom. The minimum Gasteiger partial charge on any atom is -0.444 e. The summed E-state index contributed by atoms with van der Waals surface area (Å²) in [4.78, 5) is 19.3. The SMILES string of the molecule is CC(C)(C)OC(=O)N[C@H]1CC[C@H](Nc2ccnc3sc4c(c23)CCC4)CC1. The Hall–Kier alpha value is -1.82. The first-order chi connectivity index (χ1) is 12.9. The number of anilines is 1. The van der Waals surface area contributed by atoms with Crippen molar-refractivity contribution in [1.82, 2.24) is 10.3 Å². The molecule has 0 radical (unpaired) electrons. The fourth-order valence-electron chi connectivity index (χ4n) is 4.22. The molecule has 1 amide bonds. The quantitative estimate of drug-likeness (QED) is 0.775. The lowest BCUT2D eigenvalue weighted by Crippen LogP contribution is -2.42. The number of nitrogens with one attached hydrogen (secondary N) is 2. The van der Waals surface area contributed by atoms with Crippen LogP contribution in [0.2, 0.25) is 0 Å². The minimum atomic E-state index is -0.448. The van der Waals surface area contributed by atoms with Gasteiger partial charge in [0.2, 0.25) is 0 Å². The molecule has 27 heavy (non-hydrogen) atoms. The first-order valence-corrected chi connectivity index (χ1v) is 10.9. The largest absolute Gasteiger partial charge is 0.444 e. The first kappa shape index (κ1) is 18.5. The van der Waals surface area contributed by atoms with E-state index >= 15 is 0 Å². The van der Waals surface area contributed by atoms with Crippen molar-refractivity contribution in [3.63, 3.8) is 0 Å². The number of nitrogens with zero attached hydrogens (tertiary/aromatic N) is 1. The molecule has 4 rings (SSSR count). The van der Waals surface area contributed by atoms with Gasteiger partial charge in [-0.2, -0.15) is 0 Å². The van der Waals surface area contributed by atoms with Crippen LogP contribution < -0.4 is 10.6 Å². The highest BCUT2D eigenvalue weighted by molar-refractivity contribution is 7.19. The molecule has 2 aromatic rings. The van der Waals surface area contributed by atoms with Crippen molar-refractivity contribution in [1.29, 1.82) is 0 Å². The van der Waals surface area contributed by atoms with Crippen molar-refractivity contribution in [2.45, 2.75) is 83.4 Å². The fraction of sp³-hybridized carbons (Fsp3) is 0.619. The first-order valence-electron chi connectivity index (χ1n) is 10.0. The lowest BCUT2D eigenvalue weighted by molar-refractivity contribution is 0.0492. The van der Waals surface area contributed by atoms with Crippen molar-refractivity contribution in [3.05, 3.63) is 22.7 Å². The van der Waals surface area contributed by atoms with E-state index in [1.807, 2.05) is 38.3 Å². The van der Waals surface area contributed by atoms with Crippen molar-refractivity contribution in [3.8, 4) is 0 Å². The van der Waals surface area contributed by atoms with Gasteiger partial charge in [0.25, 0.3) is 0 Å². The molecule has 0 spiro atoms. The van der Waals surface area contributed by atoms with E-state index in [0.29, 0.717) is 6.04 Å². The molecule has 1 fully saturated rings. The zero-order valence-electron chi connectivity index (χ0n) is 16.4. The second-order valence-corrected chi connectivity index (χ2v) is 9.82. The van der Waals surface area contributed by atoms with E-state index in [9.17, 15) is 4.79 Å². The Morgan fingerprint density at radius 1 is 1.19 bits per heavy atom. The Bertz CT molecular complexity index is 832. The predicted octanol–water partition coefficient (Wildman–Crippen LogP) is 5.03. The van der Waals surface area contributed by atoms with Crippen molar-refractivity contribution in [2.24, 2.45) is 0 Å². The van der Waals surface area contributed by atoms with Crippen molar-refractivity contribution >= 4 is 33.3 Å². The molecule has 0 aromatic carbocycles. The molecule has 5 nitrogen and oxygen atoms in total. The molecule has 2 aliphatic carbocycles. The Kier molecular flexibility index (Phi) is 5.01. The van der Waals surface area contributed by atoms with Crippen LogP contribution in [0, 0.1) is 0 Å². The third-order valence-electron chi connectivity index (χ3n) is 5.41. The summed E-state index contributed by atoms with van der Waals surface area (Å²) in [5.41, 5.74) is 2.31. The molecule has 0 saturated heterocycles. The third-order valence-corrected chi connectivity index (χ3v) is 6.61. The summed E-state index contributed by atoms with van der Waals surface area (Å²) >= 11 is 1.86. The second-order valence-electron chi connectivity index (χ2n) is 8.74. The van der Waals surface area contributed by atoms with Gasteiger partial charge >= 0.3 is 6.09 Å². The van der Waals surface area contributed by atoms with Gasteiger partial charge in [-0.05, 0) is 77.3 Å². The zero-order chi connectivity index (χ0) is 19.0. The zero-order valence-corrected chi connectivity index (χ0v) is 17.2. The summed E-state index contributed by atoms with van der Waals surface area (Å²) in [6.45, 7) is 5.68. The lowest BCUT2D eigenvalue weighted by Gasteiger charge is -2.31. The molecule has 2 aromatic heterocycles. The average molecular weight is 388 g/mol. The lowest BCUT2D eigenvalue weighted by atomic mass is 9.91. The summed E-state index contributed by atoms with van der Waals surface area (Å²) in [6, 6.07) is 2.78. The van der Waals surface area contributed by atoms with Crippen LogP contribution in [-0.2, 0) is 17.6 Å². The van der Waals surface area contributed by atoms with E-state index in [1.165, 1.54) is 45.6 Å². The second kappa shape index (κ2) is 7.30. The van der Waals surface area contributed by atoms with E-state index in [0.717, 1.165) is 25.7 Å². The number of pyridine rings is 1. The van der Waals surface area contributed by atoms with E-state index in [2.05, 4.69) is 21.7 Å². The van der Waals surface area contributed by atoms with Crippen LogP contribution in [0.15, 0.2) is 12.3 Å². The van der Waals surface area contributed by atoms with Crippen LogP contribution in [-0.4, -0.2) is 28.8 Å². The number of rotatable bonds is 3. The maximum atomic E-state index is 12.0. The van der Waals surface area contributed by atoms with E-state index in [1.54, 1.807) is 0 Å². The summed E-state index contributed by atoms with van der Waals surface area (Å²) in [5.74, 6) is 0. The number of ether oxygens (including phenoxy) is 1. The van der Waals surface area contributed by atoms with Gasteiger partial charge < -0.3 is 15.4 Å². The molecule has 0 atom stereocenters. The van der Waals surface area contributed by atoms with Crippen molar-refractivity contribution < 1.29 is 9.53 Å². The van der Waals surface area contributed by atoms with Crippen LogP contribution >= 0.6 is 11.3 Å². The Balaban J connectivity index is 1.36. The van der Waals surface area contributed by atoms with Crippen LogP contribution in [0.4, 0.5) is 10.5 Å². The van der Waals surface area contributed by atoms with E-state index in [-0.39, 0.29) is 12.1 Å². The number of alkyl carbamates (subject to hydrolysis) is 1. The number of fused-ring (bicyclic) bond motifs is 3. The van der Waals surface area contributed by atoms with Gasteiger partial charge in [0, 0.05) is 34.2 Å². The molecular formula is C21H29N3O2S. The molecule has 2 N–H and O–H groups in total. The molecule has 1 saturated carbocycles. The maximum absolute atomic E-state index is 12.0. The smallest absolute Gasteiger partial charge is 0.407 e. The molecule has 146 valence electrons. The minimum absolute atomic E-state index is 0.209. The van der Waals surface area contributed by atoms with Crippen LogP contribution in [0.3, 0.4) is 0 Å². The summed E-state index contributed by atoms with van der Waals surface area (Å²) in [6.07, 6.45) is 9.34. The topological polar surface area (TPSA) is 63.2 Å². The van der Waals surface area contributed by atoms with Crippen molar-refractivity contribution in [2.75, 3.05) is 5.32 Å². The summed E-state index contributed by atoms with van der Waals surface area (Å²) < 4.78 is 5.37. The van der Waals surface area contributed by atoms with Gasteiger partial charge in [0.05, 0.1) is 0 Å². The summed E-state index contributed by atoms with van der Waals surface area (Å²) in [5, 5.41) is 8.15. The fourth-order valence-corrected chi connectivity index (χ4v) is 5.47. The van der Waals surface area contributed by atoms with Gasteiger partial charge in [-0.15, -0.1) is 11.3 Å². The number of amides is 1. The monoisotopic (exact) mass is 387 g/mol. The number of hydrogen-bond donors (Lipinski definition) is 2. The van der Waals surface area contributed by atoms with Gasteiger partial charge in [-0.25, -0.2) is 9.78 Å². The molecule has 0 aliphatic heterocycles. The molecule has 0 unspecified atom stereocenters. The highest BCUT2D eigenvalue weighted by Gasteiger charge is 2.26. The molecule has 6 heteroatoms. The maximum Gasteiger partial charge on any atom is 0.407 e. The van der Waals surface area contributed by atoms with Gasteiger partial charge in [-0.3, -0.25) is 0 Å². The molecule has 2 aliphatic rings. The van der Waals surface area contributed by atoms with Gasteiger partial charge in [0.15, 0.2) is 0 Å². The Labute approximate surface area is 164 Å². The summed E-state index contributed by atoms with van der Waals surface area (Å²) in [7, 11) is 0. The van der Waals surface area contributed by atoms with Crippen LogP contribution in [0.1, 0.15) is 63.3 Å². The van der Waals surface area contributed by atoms with E-state index < -0.39 is 5.60 Å². The van der Waals surface area contributed by atoms with E-state index in [4.69, 9.17) is 4.74 Å². The number of aryl methyl sites for hydroxylation is 2. The van der Waals surface area contributed by atoms with Crippen LogP contribution in [0.5, 0.6) is 0 Å². The molecule has 2 heterocycles. The van der Waals surface area contributed by atoms with Gasteiger partial charge in [0.1, 0.15) is 10.4 Å². The third kappa shape index (κ3) is 4.21. The number of thiophene rings is 1. The van der Waals surface area contributed by atoms with Crippen LogP contribution in [0.25, 0.3) is 10.2 Å². The number of carbonyl (C=O) groups is 1. The number of aromatic nitrogens is 1. The standard InChI is InChI=1S/C21H29N3O2S/c1-21(2,3)26-20(25)24-14-9-7-13(8-10-14)23-16-11-12-22-19-18(16)15-5-4-6-17(15)27-19/h11-14H,4-10H2,1-3H3,(H,22,23)(H,24,25)/t13-,14-.